The lowest BCUT2D eigenvalue weighted by Crippen LogP contribution is -2.26. The maximum absolute atomic E-state index is 12.5. The molecule has 1 aromatic rings. The average molecular weight is 202 g/mol. The van der Waals surface area contributed by atoms with Crippen LogP contribution in [0.2, 0.25) is 0 Å². The molecule has 0 amide bonds. The molecule has 0 aromatic heterocycles. The monoisotopic (exact) mass is 202 g/mol. The second kappa shape index (κ2) is 2.57. The highest BCUT2D eigenvalue weighted by Gasteiger charge is 2.45. The van der Waals surface area contributed by atoms with Gasteiger partial charge in [0, 0.05) is 0 Å². The summed E-state index contributed by atoms with van der Waals surface area (Å²) in [6, 6.07) is 3.67. The summed E-state index contributed by atoms with van der Waals surface area (Å²) >= 11 is 0. The number of benzene rings is 1. The van der Waals surface area contributed by atoms with Gasteiger partial charge in [0.15, 0.2) is 11.5 Å². The molecule has 14 heavy (non-hydrogen) atoms. The van der Waals surface area contributed by atoms with E-state index in [4.69, 9.17) is 5.11 Å². The van der Waals surface area contributed by atoms with Gasteiger partial charge in [0.05, 0.1) is 0 Å². The number of ether oxygens (including phenoxy) is 2. The number of carboxylic acids is 1. The van der Waals surface area contributed by atoms with Crippen LogP contribution in [0.15, 0.2) is 18.2 Å². The van der Waals surface area contributed by atoms with E-state index in [1.165, 1.54) is 12.1 Å². The van der Waals surface area contributed by atoms with E-state index in [-0.39, 0.29) is 11.3 Å². The van der Waals surface area contributed by atoms with E-state index in [9.17, 15) is 13.6 Å². The number of fused-ring (bicyclic) bond motifs is 1. The lowest BCUT2D eigenvalue weighted by molar-refractivity contribution is -0.286. The van der Waals surface area contributed by atoms with Crippen molar-refractivity contribution in [3.63, 3.8) is 0 Å². The van der Waals surface area contributed by atoms with Crippen molar-refractivity contribution in [3.8, 4) is 11.5 Å². The third kappa shape index (κ3) is 1.24. The SMILES string of the molecule is O=C(O)c1cccc2c1OC(F)(F)O2. The molecule has 0 saturated carbocycles. The van der Waals surface area contributed by atoms with Crippen molar-refractivity contribution in [3.05, 3.63) is 23.8 Å². The fourth-order valence-electron chi connectivity index (χ4n) is 1.14. The Hall–Kier alpha value is -1.85. The van der Waals surface area contributed by atoms with Crippen molar-refractivity contribution < 1.29 is 28.2 Å². The van der Waals surface area contributed by atoms with Crippen LogP contribution in [-0.4, -0.2) is 17.4 Å². The second-order valence-electron chi connectivity index (χ2n) is 2.61. The highest BCUT2D eigenvalue weighted by Crippen LogP contribution is 2.42. The molecule has 4 nitrogen and oxygen atoms in total. The van der Waals surface area contributed by atoms with Crippen LogP contribution in [-0.2, 0) is 0 Å². The molecular formula is C8H4F2O4. The normalized spacial score (nSPS) is 16.7. The molecule has 6 heteroatoms. The van der Waals surface area contributed by atoms with Crippen molar-refractivity contribution >= 4 is 5.97 Å². The number of hydrogen-bond donors (Lipinski definition) is 1. The minimum absolute atomic E-state index is 0.269. The summed E-state index contributed by atoms with van der Waals surface area (Å²) in [5.74, 6) is -2.05. The molecule has 0 aliphatic carbocycles. The van der Waals surface area contributed by atoms with E-state index in [1.807, 2.05) is 0 Å². The van der Waals surface area contributed by atoms with Gasteiger partial charge in [-0.15, -0.1) is 8.78 Å². The molecule has 2 rings (SSSR count). The van der Waals surface area contributed by atoms with Crippen molar-refractivity contribution in [1.82, 2.24) is 0 Å². The molecule has 0 bridgehead atoms. The Kier molecular flexibility index (Phi) is 1.60. The van der Waals surface area contributed by atoms with Crippen LogP contribution in [0.3, 0.4) is 0 Å². The average Bonchev–Trinajstić information content (AvgIpc) is 2.36. The number of hydrogen-bond acceptors (Lipinski definition) is 3. The van der Waals surface area contributed by atoms with Crippen LogP contribution in [0.4, 0.5) is 8.78 Å². The zero-order valence-electron chi connectivity index (χ0n) is 6.66. The zero-order chi connectivity index (χ0) is 10.3. The largest absolute Gasteiger partial charge is 0.586 e. The lowest BCUT2D eigenvalue weighted by atomic mass is 10.2. The Morgan fingerprint density at radius 3 is 2.71 bits per heavy atom. The lowest BCUT2D eigenvalue weighted by Gasteiger charge is -2.04. The minimum Gasteiger partial charge on any atom is -0.478 e. The van der Waals surface area contributed by atoms with Gasteiger partial charge in [-0.25, -0.2) is 4.79 Å². The summed E-state index contributed by atoms with van der Waals surface area (Å²) in [5, 5.41) is 8.64. The fourth-order valence-corrected chi connectivity index (χ4v) is 1.14. The van der Waals surface area contributed by atoms with E-state index in [0.29, 0.717) is 0 Å². The number of para-hydroxylation sites is 1. The number of aromatic carboxylic acids is 1. The fraction of sp³-hybridized carbons (Fsp3) is 0.125. The maximum atomic E-state index is 12.5. The van der Waals surface area contributed by atoms with Gasteiger partial charge >= 0.3 is 12.3 Å². The summed E-state index contributed by atoms with van der Waals surface area (Å²) in [4.78, 5) is 10.6. The summed E-state index contributed by atoms with van der Waals surface area (Å²) in [5.41, 5.74) is -0.348. The molecule has 0 atom stereocenters. The van der Waals surface area contributed by atoms with Gasteiger partial charge in [-0.2, -0.15) is 0 Å². The second-order valence-corrected chi connectivity index (χ2v) is 2.61. The number of halogens is 2. The molecule has 0 unspecified atom stereocenters. The van der Waals surface area contributed by atoms with E-state index < -0.39 is 18.0 Å². The Balaban J connectivity index is 2.52. The quantitative estimate of drug-likeness (QED) is 0.753. The van der Waals surface area contributed by atoms with Gasteiger partial charge in [0.1, 0.15) is 5.56 Å². The first-order valence-corrected chi connectivity index (χ1v) is 3.62. The molecule has 1 N–H and O–H groups in total. The van der Waals surface area contributed by atoms with Gasteiger partial charge in [-0.05, 0) is 12.1 Å². The molecule has 1 heterocycles. The van der Waals surface area contributed by atoms with Gasteiger partial charge < -0.3 is 14.6 Å². The van der Waals surface area contributed by atoms with Crippen LogP contribution < -0.4 is 9.47 Å². The number of rotatable bonds is 1. The Labute approximate surface area is 76.7 Å². The van der Waals surface area contributed by atoms with Crippen molar-refractivity contribution in [1.29, 1.82) is 0 Å². The number of carboxylic acid groups (broad SMARTS) is 1. The topological polar surface area (TPSA) is 55.8 Å². The van der Waals surface area contributed by atoms with Gasteiger partial charge in [-0.1, -0.05) is 6.07 Å². The minimum atomic E-state index is -3.78. The van der Waals surface area contributed by atoms with E-state index in [0.717, 1.165) is 6.07 Å². The molecule has 1 aromatic carbocycles. The maximum Gasteiger partial charge on any atom is 0.586 e. The van der Waals surface area contributed by atoms with E-state index in [2.05, 4.69) is 9.47 Å². The Morgan fingerprint density at radius 2 is 2.07 bits per heavy atom. The summed E-state index contributed by atoms with van der Waals surface area (Å²) in [7, 11) is 0. The first kappa shape index (κ1) is 8.74. The predicted molar refractivity (Wildman–Crippen MR) is 39.6 cm³/mol. The molecule has 0 fully saturated rings. The first-order valence-electron chi connectivity index (χ1n) is 3.62. The molecular weight excluding hydrogens is 198 g/mol. The van der Waals surface area contributed by atoms with Gasteiger partial charge in [0.2, 0.25) is 0 Å². The Bertz CT molecular complexity index is 402. The van der Waals surface area contributed by atoms with Crippen molar-refractivity contribution in [2.75, 3.05) is 0 Å². The van der Waals surface area contributed by atoms with Crippen LogP contribution >= 0.6 is 0 Å². The summed E-state index contributed by atoms with van der Waals surface area (Å²) in [6.45, 7) is 0. The van der Waals surface area contributed by atoms with Crippen LogP contribution in [0.25, 0.3) is 0 Å². The third-order valence-corrected chi connectivity index (χ3v) is 1.66. The van der Waals surface area contributed by atoms with E-state index >= 15 is 0 Å². The zero-order valence-corrected chi connectivity index (χ0v) is 6.66. The van der Waals surface area contributed by atoms with E-state index in [1.54, 1.807) is 0 Å². The van der Waals surface area contributed by atoms with Crippen LogP contribution in [0.5, 0.6) is 11.5 Å². The molecule has 1 aliphatic heterocycles. The van der Waals surface area contributed by atoms with Crippen LogP contribution in [0.1, 0.15) is 10.4 Å². The summed E-state index contributed by atoms with van der Waals surface area (Å²) in [6.07, 6.45) is -3.78. The van der Waals surface area contributed by atoms with Crippen LogP contribution in [0, 0.1) is 0 Å². The number of carbonyl (C=O) groups is 1. The van der Waals surface area contributed by atoms with Crippen molar-refractivity contribution in [2.45, 2.75) is 6.29 Å². The van der Waals surface area contributed by atoms with Gasteiger partial charge in [-0.3, -0.25) is 0 Å². The highest BCUT2D eigenvalue weighted by atomic mass is 19.3. The molecule has 0 saturated heterocycles. The summed E-state index contributed by atoms with van der Waals surface area (Å²) < 4.78 is 33.2. The molecule has 0 spiro atoms. The van der Waals surface area contributed by atoms with Crippen molar-refractivity contribution in [2.24, 2.45) is 0 Å². The third-order valence-electron chi connectivity index (χ3n) is 1.66. The van der Waals surface area contributed by atoms with Gasteiger partial charge in [0.25, 0.3) is 0 Å². The predicted octanol–water partition coefficient (Wildman–Crippen LogP) is 1.71. The molecule has 1 aliphatic rings. The highest BCUT2D eigenvalue weighted by molar-refractivity contribution is 5.92. The molecule has 74 valence electrons. The molecule has 0 radical (unpaired) electrons. The standard InChI is InChI=1S/C8H4F2O4/c9-8(10)13-5-3-1-2-4(7(11)12)6(5)14-8/h1-3H,(H,11,12). The first-order chi connectivity index (χ1) is 6.49. The smallest absolute Gasteiger partial charge is 0.478 e. The number of alkyl halides is 2. The Morgan fingerprint density at radius 1 is 1.36 bits per heavy atom.